The molecule has 1 fully saturated rings. The lowest BCUT2D eigenvalue weighted by molar-refractivity contribution is -0.384. The Balaban J connectivity index is 1.86. The van der Waals surface area contributed by atoms with Crippen LogP contribution in [-0.4, -0.2) is 32.5 Å². The van der Waals surface area contributed by atoms with E-state index in [1.165, 1.54) is 18.6 Å². The van der Waals surface area contributed by atoms with Crippen molar-refractivity contribution in [3.63, 3.8) is 0 Å². The van der Waals surface area contributed by atoms with Crippen molar-refractivity contribution in [1.82, 2.24) is 15.0 Å². The maximum Gasteiger partial charge on any atom is 0.270 e. The number of nitrogens with one attached hydrogen (secondary N) is 1. The molecule has 0 spiro atoms. The largest absolute Gasteiger partial charge is 0.340 e. The Bertz CT molecular complexity index is 1080. The number of aromatic amines is 1. The van der Waals surface area contributed by atoms with Gasteiger partial charge in [-0.25, -0.2) is 4.98 Å². The summed E-state index contributed by atoms with van der Waals surface area (Å²) in [6.07, 6.45) is 4.87. The standard InChI is InChI=1S/C19H19N5O3/c1-12-5-2-3-10-23(12)19-21-17-16(18(25)22-19)15(8-9-20-17)13-6-4-7-14(11-13)24(26)27/h4,6-9,11-12H,2-3,5,10H2,1H3,(H,20,21,22,25). The number of anilines is 1. The highest BCUT2D eigenvalue weighted by molar-refractivity contribution is 5.92. The fourth-order valence-corrected chi connectivity index (χ4v) is 3.63. The number of nitro groups is 1. The van der Waals surface area contributed by atoms with Crippen molar-refractivity contribution < 1.29 is 4.92 Å². The van der Waals surface area contributed by atoms with E-state index >= 15 is 0 Å². The van der Waals surface area contributed by atoms with Crippen LogP contribution in [0.15, 0.2) is 41.3 Å². The fraction of sp³-hybridized carbons (Fsp3) is 0.316. The lowest BCUT2D eigenvalue weighted by Crippen LogP contribution is -2.39. The van der Waals surface area contributed by atoms with Gasteiger partial charge in [-0.05, 0) is 37.8 Å². The molecule has 0 aliphatic carbocycles. The van der Waals surface area contributed by atoms with E-state index in [2.05, 4.69) is 26.8 Å². The average Bonchev–Trinajstić information content (AvgIpc) is 2.68. The van der Waals surface area contributed by atoms with Crippen LogP contribution in [-0.2, 0) is 0 Å². The van der Waals surface area contributed by atoms with Gasteiger partial charge in [0, 0.05) is 36.5 Å². The van der Waals surface area contributed by atoms with Gasteiger partial charge in [0.15, 0.2) is 5.65 Å². The van der Waals surface area contributed by atoms with Gasteiger partial charge in [0.05, 0.1) is 10.3 Å². The van der Waals surface area contributed by atoms with Crippen LogP contribution in [0.25, 0.3) is 22.2 Å². The number of nitrogens with zero attached hydrogens (tertiary/aromatic N) is 4. The number of H-pyrrole nitrogens is 1. The predicted molar refractivity (Wildman–Crippen MR) is 103 cm³/mol. The van der Waals surface area contributed by atoms with E-state index in [0.29, 0.717) is 34.2 Å². The van der Waals surface area contributed by atoms with Gasteiger partial charge >= 0.3 is 0 Å². The Morgan fingerprint density at radius 2 is 2.15 bits per heavy atom. The SMILES string of the molecule is CC1CCCCN1c1nc2nccc(-c3cccc([N+](=O)[O-])c3)c2c(=O)[nH]1. The van der Waals surface area contributed by atoms with Crippen LogP contribution in [0.5, 0.6) is 0 Å². The van der Waals surface area contributed by atoms with E-state index in [1.54, 1.807) is 24.4 Å². The second-order valence-electron chi connectivity index (χ2n) is 6.79. The summed E-state index contributed by atoms with van der Waals surface area (Å²) in [4.78, 5) is 37.3. The highest BCUT2D eigenvalue weighted by Gasteiger charge is 2.22. The minimum Gasteiger partial charge on any atom is -0.340 e. The first-order chi connectivity index (χ1) is 13.0. The summed E-state index contributed by atoms with van der Waals surface area (Å²) in [7, 11) is 0. The zero-order chi connectivity index (χ0) is 19.0. The van der Waals surface area contributed by atoms with Crippen molar-refractivity contribution in [3.8, 4) is 11.1 Å². The number of pyridine rings is 1. The molecule has 1 aromatic carbocycles. The Morgan fingerprint density at radius 1 is 1.30 bits per heavy atom. The number of nitro benzene ring substituents is 1. The molecule has 0 radical (unpaired) electrons. The molecule has 3 heterocycles. The van der Waals surface area contributed by atoms with Crippen molar-refractivity contribution in [2.24, 2.45) is 0 Å². The van der Waals surface area contributed by atoms with Gasteiger partial charge in [-0.1, -0.05) is 12.1 Å². The highest BCUT2D eigenvalue weighted by Crippen LogP contribution is 2.28. The van der Waals surface area contributed by atoms with Gasteiger partial charge in [-0.15, -0.1) is 0 Å². The normalized spacial score (nSPS) is 17.2. The fourth-order valence-electron chi connectivity index (χ4n) is 3.63. The molecule has 0 amide bonds. The van der Waals surface area contributed by atoms with Crippen LogP contribution in [0.2, 0.25) is 0 Å². The van der Waals surface area contributed by atoms with E-state index < -0.39 is 4.92 Å². The van der Waals surface area contributed by atoms with Crippen molar-refractivity contribution in [1.29, 1.82) is 0 Å². The topological polar surface area (TPSA) is 105 Å². The molecule has 2 aromatic heterocycles. The summed E-state index contributed by atoms with van der Waals surface area (Å²) < 4.78 is 0. The van der Waals surface area contributed by atoms with Gasteiger partial charge in [0.2, 0.25) is 5.95 Å². The summed E-state index contributed by atoms with van der Waals surface area (Å²) in [5, 5.41) is 11.4. The average molecular weight is 365 g/mol. The molecule has 8 nitrogen and oxygen atoms in total. The first-order valence-corrected chi connectivity index (χ1v) is 8.95. The lowest BCUT2D eigenvalue weighted by atomic mass is 10.0. The van der Waals surface area contributed by atoms with Gasteiger partial charge in [0.25, 0.3) is 11.2 Å². The molecule has 1 aliphatic rings. The van der Waals surface area contributed by atoms with E-state index in [4.69, 9.17) is 0 Å². The third-order valence-corrected chi connectivity index (χ3v) is 5.04. The molecule has 0 bridgehead atoms. The summed E-state index contributed by atoms with van der Waals surface area (Å²) >= 11 is 0. The first kappa shape index (κ1) is 17.1. The zero-order valence-electron chi connectivity index (χ0n) is 14.9. The van der Waals surface area contributed by atoms with Crippen LogP contribution in [0.3, 0.4) is 0 Å². The van der Waals surface area contributed by atoms with Crippen molar-refractivity contribution in [3.05, 3.63) is 57.0 Å². The number of non-ortho nitro benzene ring substituents is 1. The third kappa shape index (κ3) is 3.14. The second kappa shape index (κ2) is 6.79. The van der Waals surface area contributed by atoms with Crippen molar-refractivity contribution in [2.75, 3.05) is 11.4 Å². The minimum atomic E-state index is -0.453. The molecule has 1 N–H and O–H groups in total. The van der Waals surface area contributed by atoms with Gasteiger partial charge in [-0.2, -0.15) is 4.98 Å². The molecule has 1 saturated heterocycles. The maximum atomic E-state index is 12.9. The van der Waals surface area contributed by atoms with Crippen LogP contribution >= 0.6 is 0 Å². The number of aromatic nitrogens is 3. The third-order valence-electron chi connectivity index (χ3n) is 5.04. The predicted octanol–water partition coefficient (Wildman–Crippen LogP) is 3.27. The molecule has 8 heteroatoms. The first-order valence-electron chi connectivity index (χ1n) is 8.95. The smallest absolute Gasteiger partial charge is 0.270 e. The number of hydrogen-bond donors (Lipinski definition) is 1. The molecule has 4 rings (SSSR count). The number of fused-ring (bicyclic) bond motifs is 1. The van der Waals surface area contributed by atoms with Crippen LogP contribution in [0, 0.1) is 10.1 Å². The quantitative estimate of drug-likeness (QED) is 0.564. The Labute approximate surface area is 155 Å². The van der Waals surface area contributed by atoms with Gasteiger partial charge in [-0.3, -0.25) is 19.9 Å². The molecule has 1 atom stereocenters. The molecule has 0 saturated carbocycles. The van der Waals surface area contributed by atoms with Crippen molar-refractivity contribution >= 4 is 22.7 Å². The van der Waals surface area contributed by atoms with Crippen LogP contribution < -0.4 is 10.5 Å². The number of hydrogen-bond acceptors (Lipinski definition) is 6. The number of piperidine rings is 1. The summed E-state index contributed by atoms with van der Waals surface area (Å²) in [5.74, 6) is 0.531. The Kier molecular flexibility index (Phi) is 4.31. The Hall–Kier alpha value is -3.29. The molecule has 27 heavy (non-hydrogen) atoms. The summed E-state index contributed by atoms with van der Waals surface area (Å²) in [6, 6.07) is 8.20. The molecule has 138 valence electrons. The monoisotopic (exact) mass is 365 g/mol. The number of benzene rings is 1. The minimum absolute atomic E-state index is 0.0272. The molecular weight excluding hydrogens is 346 g/mol. The molecular formula is C19H19N5O3. The van der Waals surface area contributed by atoms with Crippen molar-refractivity contribution in [2.45, 2.75) is 32.2 Å². The molecule has 1 aliphatic heterocycles. The zero-order valence-corrected chi connectivity index (χ0v) is 14.9. The molecule has 3 aromatic rings. The van der Waals surface area contributed by atoms with E-state index in [9.17, 15) is 14.9 Å². The lowest BCUT2D eigenvalue weighted by Gasteiger charge is -2.33. The number of rotatable bonds is 3. The second-order valence-corrected chi connectivity index (χ2v) is 6.79. The van der Waals surface area contributed by atoms with Crippen LogP contribution in [0.1, 0.15) is 26.2 Å². The summed E-state index contributed by atoms with van der Waals surface area (Å²) in [5.41, 5.74) is 1.19. The van der Waals surface area contributed by atoms with Crippen LogP contribution in [0.4, 0.5) is 11.6 Å². The van der Waals surface area contributed by atoms with Gasteiger partial charge in [0.1, 0.15) is 0 Å². The molecule has 1 unspecified atom stereocenters. The van der Waals surface area contributed by atoms with E-state index in [-0.39, 0.29) is 11.2 Å². The Morgan fingerprint density at radius 3 is 2.93 bits per heavy atom. The highest BCUT2D eigenvalue weighted by atomic mass is 16.6. The van der Waals surface area contributed by atoms with E-state index in [0.717, 1.165) is 19.4 Å². The van der Waals surface area contributed by atoms with E-state index in [1.807, 2.05) is 0 Å². The van der Waals surface area contributed by atoms with Gasteiger partial charge < -0.3 is 4.90 Å². The maximum absolute atomic E-state index is 12.9. The summed E-state index contributed by atoms with van der Waals surface area (Å²) in [6.45, 7) is 2.97.